The fourth-order valence-electron chi connectivity index (χ4n) is 3.98. The Morgan fingerprint density at radius 2 is 2.00 bits per heavy atom. The second kappa shape index (κ2) is 8.39. The molecule has 4 rings (SSSR count). The van der Waals surface area contributed by atoms with Crippen LogP contribution in [0.2, 0.25) is 5.02 Å². The summed E-state index contributed by atoms with van der Waals surface area (Å²) in [6.07, 6.45) is 2.19. The van der Waals surface area contributed by atoms with Crippen molar-refractivity contribution in [1.82, 2.24) is 25.0 Å². The van der Waals surface area contributed by atoms with Crippen LogP contribution in [0.3, 0.4) is 0 Å². The number of aliphatic imine (C=N–C) groups is 1. The highest BCUT2D eigenvalue weighted by molar-refractivity contribution is 6.30. The summed E-state index contributed by atoms with van der Waals surface area (Å²) in [5, 5.41) is 12.8. The van der Waals surface area contributed by atoms with Crippen molar-refractivity contribution >= 4 is 23.2 Å². The molecule has 2 aromatic rings. The Morgan fingerprint density at radius 3 is 2.79 bits per heavy atom. The Balaban J connectivity index is 1.42. The molecule has 1 aromatic heterocycles. The van der Waals surface area contributed by atoms with Crippen molar-refractivity contribution in [1.29, 1.82) is 0 Å². The number of nitrogens with zero attached hydrogens (tertiary/aromatic N) is 6. The maximum atomic E-state index is 6.21. The first kappa shape index (κ1) is 19.1. The quantitative estimate of drug-likeness (QED) is 0.630. The van der Waals surface area contributed by atoms with Crippen molar-refractivity contribution in [3.63, 3.8) is 0 Å². The van der Waals surface area contributed by atoms with Gasteiger partial charge >= 0.3 is 0 Å². The molecule has 0 unspecified atom stereocenters. The zero-order valence-electron chi connectivity index (χ0n) is 16.7. The predicted molar refractivity (Wildman–Crippen MR) is 113 cm³/mol. The van der Waals surface area contributed by atoms with E-state index in [4.69, 9.17) is 16.6 Å². The topological polar surface area (TPSA) is 61.6 Å². The van der Waals surface area contributed by atoms with E-state index < -0.39 is 0 Å². The van der Waals surface area contributed by atoms with Crippen LogP contribution in [0, 0.1) is 6.92 Å². The van der Waals surface area contributed by atoms with Gasteiger partial charge in [0.25, 0.3) is 0 Å². The molecule has 0 atom stereocenters. The molecule has 7 nitrogen and oxygen atoms in total. The maximum absolute atomic E-state index is 6.21. The van der Waals surface area contributed by atoms with E-state index in [-0.39, 0.29) is 0 Å². The molecule has 0 radical (unpaired) electrons. The Morgan fingerprint density at radius 1 is 1.18 bits per heavy atom. The Bertz CT molecular complexity index is 852. The van der Waals surface area contributed by atoms with Gasteiger partial charge in [-0.05, 0) is 38.0 Å². The molecule has 0 bridgehead atoms. The van der Waals surface area contributed by atoms with E-state index in [2.05, 4.69) is 55.9 Å². The van der Waals surface area contributed by atoms with Gasteiger partial charge in [0.05, 0.1) is 0 Å². The first-order valence-corrected chi connectivity index (χ1v) is 10.5. The standard InChI is InChI=1S/C20H28ClN7/c1-3-22-20(23-14-19-25-24-18-5-4-8-28(18)19)27-11-9-26(10-12-27)17-13-16(21)7-6-15(17)2/h6-7,13H,3-5,8-12,14H2,1-2H3,(H,22,23). The van der Waals surface area contributed by atoms with Crippen LogP contribution in [-0.4, -0.2) is 58.3 Å². The van der Waals surface area contributed by atoms with Gasteiger partial charge in [-0.25, -0.2) is 4.99 Å². The Labute approximate surface area is 171 Å². The van der Waals surface area contributed by atoms with Gasteiger partial charge in [0, 0.05) is 56.4 Å². The van der Waals surface area contributed by atoms with E-state index >= 15 is 0 Å². The molecule has 0 saturated carbocycles. The number of aromatic nitrogens is 3. The lowest BCUT2D eigenvalue weighted by Crippen LogP contribution is -2.52. The number of aryl methyl sites for hydroxylation is 2. The van der Waals surface area contributed by atoms with Gasteiger partial charge in [-0.3, -0.25) is 0 Å². The lowest BCUT2D eigenvalue weighted by molar-refractivity contribution is 0.372. The summed E-state index contributed by atoms with van der Waals surface area (Å²) in [4.78, 5) is 9.60. The van der Waals surface area contributed by atoms with Crippen LogP contribution in [0.15, 0.2) is 23.2 Å². The van der Waals surface area contributed by atoms with E-state index in [1.807, 2.05) is 6.07 Å². The molecule has 150 valence electrons. The summed E-state index contributed by atoms with van der Waals surface area (Å²) in [7, 11) is 0. The third-order valence-electron chi connectivity index (χ3n) is 5.48. The average molecular weight is 402 g/mol. The number of nitrogens with one attached hydrogen (secondary N) is 1. The lowest BCUT2D eigenvalue weighted by Gasteiger charge is -2.38. The minimum Gasteiger partial charge on any atom is -0.368 e. The molecule has 2 aliphatic heterocycles. The van der Waals surface area contributed by atoms with Gasteiger partial charge < -0.3 is 19.7 Å². The van der Waals surface area contributed by atoms with Crippen LogP contribution >= 0.6 is 11.6 Å². The van der Waals surface area contributed by atoms with Gasteiger partial charge in [-0.2, -0.15) is 0 Å². The largest absolute Gasteiger partial charge is 0.368 e. The molecule has 0 amide bonds. The summed E-state index contributed by atoms with van der Waals surface area (Å²) in [5.74, 6) is 3.03. The molecule has 1 fully saturated rings. The highest BCUT2D eigenvalue weighted by Gasteiger charge is 2.22. The summed E-state index contributed by atoms with van der Waals surface area (Å²) >= 11 is 6.21. The van der Waals surface area contributed by atoms with Crippen molar-refractivity contribution in [3.05, 3.63) is 40.4 Å². The summed E-state index contributed by atoms with van der Waals surface area (Å²) in [5.41, 5.74) is 2.49. The minimum atomic E-state index is 0.572. The number of benzene rings is 1. The Hall–Kier alpha value is -2.28. The molecule has 0 spiro atoms. The summed E-state index contributed by atoms with van der Waals surface area (Å²) in [6, 6.07) is 6.11. The molecule has 2 aliphatic rings. The van der Waals surface area contributed by atoms with Crippen molar-refractivity contribution < 1.29 is 0 Å². The highest BCUT2D eigenvalue weighted by Crippen LogP contribution is 2.25. The molecule has 8 heteroatoms. The number of fused-ring (bicyclic) bond motifs is 1. The van der Waals surface area contributed by atoms with Crippen LogP contribution in [0.1, 0.15) is 30.6 Å². The maximum Gasteiger partial charge on any atom is 0.194 e. The number of piperazine rings is 1. The van der Waals surface area contributed by atoms with E-state index in [0.29, 0.717) is 6.54 Å². The summed E-state index contributed by atoms with van der Waals surface area (Å²) in [6.45, 7) is 10.4. The second-order valence-electron chi connectivity index (χ2n) is 7.36. The molecule has 3 heterocycles. The predicted octanol–water partition coefficient (Wildman–Crippen LogP) is 2.47. The van der Waals surface area contributed by atoms with Crippen molar-refractivity contribution in [2.75, 3.05) is 37.6 Å². The van der Waals surface area contributed by atoms with E-state index in [1.165, 1.54) is 11.3 Å². The van der Waals surface area contributed by atoms with Crippen molar-refractivity contribution in [3.8, 4) is 0 Å². The van der Waals surface area contributed by atoms with Gasteiger partial charge in [0.1, 0.15) is 12.4 Å². The van der Waals surface area contributed by atoms with Crippen LogP contribution in [0.5, 0.6) is 0 Å². The first-order valence-electron chi connectivity index (χ1n) is 10.1. The number of halogens is 1. The Kier molecular flexibility index (Phi) is 5.71. The van der Waals surface area contributed by atoms with Gasteiger partial charge in [0.15, 0.2) is 11.8 Å². The monoisotopic (exact) mass is 401 g/mol. The lowest BCUT2D eigenvalue weighted by atomic mass is 10.1. The van der Waals surface area contributed by atoms with Gasteiger partial charge in [0.2, 0.25) is 0 Å². The molecule has 28 heavy (non-hydrogen) atoms. The van der Waals surface area contributed by atoms with Crippen LogP contribution in [-0.2, 0) is 19.5 Å². The van der Waals surface area contributed by atoms with Crippen molar-refractivity contribution in [2.45, 2.75) is 39.8 Å². The van der Waals surface area contributed by atoms with E-state index in [1.54, 1.807) is 0 Å². The molecular formula is C20H28ClN7. The molecule has 1 N–H and O–H groups in total. The first-order chi connectivity index (χ1) is 13.7. The SMILES string of the molecule is CCNC(=NCc1nnc2n1CCC2)N1CCN(c2cc(Cl)ccc2C)CC1. The molecule has 0 aliphatic carbocycles. The van der Waals surface area contributed by atoms with Crippen molar-refractivity contribution in [2.24, 2.45) is 4.99 Å². The smallest absolute Gasteiger partial charge is 0.194 e. The minimum absolute atomic E-state index is 0.572. The number of anilines is 1. The third kappa shape index (κ3) is 3.94. The van der Waals surface area contributed by atoms with Gasteiger partial charge in [-0.1, -0.05) is 17.7 Å². The number of rotatable bonds is 4. The zero-order chi connectivity index (χ0) is 19.5. The number of hydrogen-bond acceptors (Lipinski definition) is 4. The second-order valence-corrected chi connectivity index (χ2v) is 7.80. The van der Waals surface area contributed by atoms with E-state index in [0.717, 1.165) is 74.7 Å². The van der Waals surface area contributed by atoms with Crippen LogP contribution in [0.4, 0.5) is 5.69 Å². The molecule has 1 aromatic carbocycles. The highest BCUT2D eigenvalue weighted by atomic mass is 35.5. The summed E-state index contributed by atoms with van der Waals surface area (Å²) < 4.78 is 2.22. The normalized spacial score (nSPS) is 17.2. The van der Waals surface area contributed by atoms with Gasteiger partial charge in [-0.15, -0.1) is 10.2 Å². The average Bonchev–Trinajstić information content (AvgIpc) is 3.32. The van der Waals surface area contributed by atoms with Crippen LogP contribution < -0.4 is 10.2 Å². The molecular weight excluding hydrogens is 374 g/mol. The van der Waals surface area contributed by atoms with E-state index in [9.17, 15) is 0 Å². The number of guanidine groups is 1. The third-order valence-corrected chi connectivity index (χ3v) is 5.72. The fourth-order valence-corrected chi connectivity index (χ4v) is 4.15. The zero-order valence-corrected chi connectivity index (χ0v) is 17.4. The molecule has 1 saturated heterocycles. The van der Waals surface area contributed by atoms with Crippen LogP contribution in [0.25, 0.3) is 0 Å². The number of hydrogen-bond donors (Lipinski definition) is 1. The fraction of sp³-hybridized carbons (Fsp3) is 0.550.